The molecule has 1 N–H and O–H groups in total. The summed E-state index contributed by atoms with van der Waals surface area (Å²) in [5.41, 5.74) is 1.41. The van der Waals surface area contributed by atoms with Crippen molar-refractivity contribution in [3.8, 4) is 0 Å². The quantitative estimate of drug-likeness (QED) is 0.295. The van der Waals surface area contributed by atoms with Gasteiger partial charge in [0, 0.05) is 13.8 Å². The van der Waals surface area contributed by atoms with Crippen LogP contribution in [-0.2, 0) is 33.4 Å². The Morgan fingerprint density at radius 3 is 2.12 bits per heavy atom. The average Bonchev–Trinajstić information content (AvgIpc) is 2.52. The lowest BCUT2D eigenvalue weighted by atomic mass is 10.0. The number of amides is 4. The van der Waals surface area contributed by atoms with Crippen molar-refractivity contribution in [1.29, 1.82) is 0 Å². The first-order valence-corrected chi connectivity index (χ1v) is 6.62. The summed E-state index contributed by atoms with van der Waals surface area (Å²) in [6.45, 7) is 1.42. The topological polar surface area (TPSA) is 131 Å². The van der Waals surface area contributed by atoms with Crippen molar-refractivity contribution in [3.05, 3.63) is 17.2 Å². The van der Waals surface area contributed by atoms with Crippen molar-refractivity contribution in [1.82, 2.24) is 9.80 Å². The van der Waals surface area contributed by atoms with Crippen molar-refractivity contribution in [2.45, 2.75) is 19.9 Å². The van der Waals surface area contributed by atoms with Crippen LogP contribution in [0.1, 0.15) is 13.8 Å². The molecule has 0 saturated carbocycles. The highest BCUT2D eigenvalue weighted by molar-refractivity contribution is 6.14. The number of carbonyl (C=O) groups is 5. The Bertz CT molecular complexity index is 674. The maximum absolute atomic E-state index is 12.5. The van der Waals surface area contributed by atoms with Gasteiger partial charge in [0.25, 0.3) is 5.91 Å². The molecule has 1 rings (SSSR count). The van der Waals surface area contributed by atoms with Crippen molar-refractivity contribution in [3.63, 3.8) is 0 Å². The number of aliphatic hydroxyl groups is 1. The Morgan fingerprint density at radius 1 is 1.12 bits per heavy atom. The van der Waals surface area contributed by atoms with E-state index < -0.39 is 53.7 Å². The monoisotopic (exact) mass is 340 g/mol. The van der Waals surface area contributed by atoms with Crippen LogP contribution in [0.25, 0.3) is 0 Å². The molecule has 1 aliphatic heterocycles. The van der Waals surface area contributed by atoms with Crippen LogP contribution in [0.4, 0.5) is 0 Å². The maximum Gasteiger partial charge on any atom is 0.344 e. The highest BCUT2D eigenvalue weighted by Gasteiger charge is 2.47. The molecule has 130 valence electrons. The standard InChI is InChI=1S/C14H16N2O8/c1-7(17)15-6-10(19)16(8(2)18)12(13(15)21)9(14(22)24-4)5-11(20)23-3/h12,20H,6H2,1-4H3. The first kappa shape index (κ1) is 18.9. The van der Waals surface area contributed by atoms with Crippen LogP contribution in [0.15, 0.2) is 17.2 Å². The second kappa shape index (κ2) is 7.42. The van der Waals surface area contributed by atoms with Crippen molar-refractivity contribution in [2.24, 2.45) is 0 Å². The number of hydrogen-bond donors (Lipinski definition) is 1. The van der Waals surface area contributed by atoms with Gasteiger partial charge in [0.05, 0.1) is 14.2 Å². The minimum Gasteiger partial charge on any atom is -0.475 e. The molecule has 1 fully saturated rings. The zero-order valence-corrected chi connectivity index (χ0v) is 13.5. The number of carbonyl (C=O) groups excluding carboxylic acids is 5. The van der Waals surface area contributed by atoms with Crippen molar-refractivity contribution in [2.75, 3.05) is 20.8 Å². The zero-order valence-electron chi connectivity index (χ0n) is 13.5. The second-order valence-electron chi connectivity index (χ2n) is 4.67. The number of nitrogens with zero attached hydrogens (tertiary/aromatic N) is 2. The lowest BCUT2D eigenvalue weighted by Crippen LogP contribution is -2.63. The predicted molar refractivity (Wildman–Crippen MR) is 75.9 cm³/mol. The lowest BCUT2D eigenvalue weighted by molar-refractivity contribution is -0.165. The van der Waals surface area contributed by atoms with E-state index in [2.05, 4.69) is 15.2 Å². The van der Waals surface area contributed by atoms with Gasteiger partial charge in [-0.15, -0.1) is 0 Å². The summed E-state index contributed by atoms with van der Waals surface area (Å²) in [5, 5.41) is 9.43. The molecule has 1 unspecified atom stereocenters. The Hall–Kier alpha value is -3.13. The molecule has 1 saturated heterocycles. The van der Waals surface area contributed by atoms with Crippen LogP contribution in [0, 0.1) is 0 Å². The van der Waals surface area contributed by atoms with Gasteiger partial charge in [0.15, 0.2) is 6.04 Å². The minimum atomic E-state index is -1.81. The molecule has 0 bridgehead atoms. The summed E-state index contributed by atoms with van der Waals surface area (Å²) in [7, 11) is 2.06. The van der Waals surface area contributed by atoms with E-state index in [4.69, 9.17) is 0 Å². The third kappa shape index (κ3) is 3.61. The highest BCUT2D eigenvalue weighted by Crippen LogP contribution is 2.21. The Kier molecular flexibility index (Phi) is 5.85. The SMILES string of the molecule is COC(=O)C(=C=C(O)OC)C1C(=O)N(C(C)=O)CC(=O)N1C(C)=O. The fraction of sp³-hybridized carbons (Fsp3) is 0.429. The van der Waals surface area contributed by atoms with Gasteiger partial charge in [-0.1, -0.05) is 0 Å². The summed E-state index contributed by atoms with van der Waals surface area (Å²) < 4.78 is 8.95. The number of piperazine rings is 1. The lowest BCUT2D eigenvalue weighted by Gasteiger charge is -2.37. The fourth-order valence-electron chi connectivity index (χ4n) is 2.08. The summed E-state index contributed by atoms with van der Waals surface area (Å²) in [6.07, 6.45) is 0. The molecule has 10 nitrogen and oxygen atoms in total. The van der Waals surface area contributed by atoms with Gasteiger partial charge in [0.1, 0.15) is 12.1 Å². The Balaban J connectivity index is 3.64. The van der Waals surface area contributed by atoms with Gasteiger partial charge >= 0.3 is 11.9 Å². The first-order valence-electron chi connectivity index (χ1n) is 6.62. The molecule has 1 atom stereocenters. The number of hydrogen-bond acceptors (Lipinski definition) is 8. The largest absolute Gasteiger partial charge is 0.475 e. The molecular weight excluding hydrogens is 324 g/mol. The van der Waals surface area contributed by atoms with E-state index in [1.54, 1.807) is 0 Å². The maximum atomic E-state index is 12.5. The van der Waals surface area contributed by atoms with Crippen molar-refractivity contribution < 1.29 is 38.6 Å². The van der Waals surface area contributed by atoms with Crippen LogP contribution in [0.2, 0.25) is 0 Å². The van der Waals surface area contributed by atoms with Crippen LogP contribution < -0.4 is 0 Å². The van der Waals surface area contributed by atoms with Gasteiger partial charge in [-0.3, -0.25) is 29.0 Å². The number of imide groups is 2. The third-order valence-electron chi connectivity index (χ3n) is 3.15. The van der Waals surface area contributed by atoms with Gasteiger partial charge in [0.2, 0.25) is 17.7 Å². The van der Waals surface area contributed by atoms with Gasteiger partial charge in [-0.2, -0.15) is 0 Å². The Morgan fingerprint density at radius 2 is 1.71 bits per heavy atom. The third-order valence-corrected chi connectivity index (χ3v) is 3.15. The molecule has 24 heavy (non-hydrogen) atoms. The normalized spacial score (nSPS) is 17.1. The molecule has 0 aromatic heterocycles. The predicted octanol–water partition coefficient (Wildman–Crippen LogP) is -1.14. The summed E-state index contributed by atoms with van der Waals surface area (Å²) >= 11 is 0. The smallest absolute Gasteiger partial charge is 0.344 e. The van der Waals surface area contributed by atoms with Crippen LogP contribution >= 0.6 is 0 Å². The zero-order chi connectivity index (χ0) is 18.6. The summed E-state index contributed by atoms with van der Waals surface area (Å²) in [5.74, 6) is -5.47. The number of esters is 1. The fourth-order valence-corrected chi connectivity index (χ4v) is 2.08. The minimum absolute atomic E-state index is 0.504. The van der Waals surface area contributed by atoms with Crippen LogP contribution in [0.3, 0.4) is 0 Å². The number of ether oxygens (including phenoxy) is 2. The molecule has 0 spiro atoms. The molecule has 0 aliphatic carbocycles. The van der Waals surface area contributed by atoms with Crippen LogP contribution in [0.5, 0.6) is 0 Å². The van der Waals surface area contributed by atoms with Gasteiger partial charge in [-0.25, -0.2) is 4.79 Å². The van der Waals surface area contributed by atoms with Crippen molar-refractivity contribution >= 4 is 29.6 Å². The summed E-state index contributed by atoms with van der Waals surface area (Å²) in [6, 6.07) is -1.81. The highest BCUT2D eigenvalue weighted by atomic mass is 16.6. The van der Waals surface area contributed by atoms with E-state index in [1.807, 2.05) is 0 Å². The molecule has 10 heteroatoms. The van der Waals surface area contributed by atoms with Gasteiger partial charge < -0.3 is 14.6 Å². The summed E-state index contributed by atoms with van der Waals surface area (Å²) in [4.78, 5) is 61.0. The van der Waals surface area contributed by atoms with E-state index >= 15 is 0 Å². The molecule has 0 radical (unpaired) electrons. The van der Waals surface area contributed by atoms with E-state index in [0.29, 0.717) is 9.80 Å². The molecule has 1 heterocycles. The van der Waals surface area contributed by atoms with Crippen LogP contribution in [-0.4, -0.2) is 71.3 Å². The Labute approximate surface area is 136 Å². The number of rotatable bonds is 3. The molecule has 1 aliphatic rings. The molecule has 4 amide bonds. The first-order chi connectivity index (χ1) is 11.1. The molecule has 0 aromatic carbocycles. The number of aliphatic hydroxyl groups excluding tert-OH is 1. The second-order valence-corrected chi connectivity index (χ2v) is 4.67. The average molecular weight is 340 g/mol. The van der Waals surface area contributed by atoms with E-state index in [-0.39, 0.29) is 0 Å². The van der Waals surface area contributed by atoms with E-state index in [1.165, 1.54) is 0 Å². The van der Waals surface area contributed by atoms with Gasteiger partial charge in [-0.05, 0) is 5.73 Å². The molecule has 0 aromatic rings. The van der Waals surface area contributed by atoms with E-state index in [9.17, 15) is 29.1 Å². The van der Waals surface area contributed by atoms with E-state index in [0.717, 1.165) is 28.1 Å². The molecular formula is C14H16N2O8. The number of methoxy groups -OCH3 is 2.